The number of anilines is 1. The lowest BCUT2D eigenvalue weighted by Gasteiger charge is -2.07. The van der Waals surface area contributed by atoms with E-state index in [2.05, 4.69) is 10.4 Å². The third kappa shape index (κ3) is 3.58. The highest BCUT2D eigenvalue weighted by molar-refractivity contribution is 6.04. The van der Waals surface area contributed by atoms with Gasteiger partial charge in [0.05, 0.1) is 11.3 Å². The fourth-order valence-corrected chi connectivity index (χ4v) is 2.25. The Hall–Kier alpha value is -3.08. The molecule has 1 aromatic heterocycles. The van der Waals surface area contributed by atoms with Crippen molar-refractivity contribution in [2.24, 2.45) is 7.05 Å². The maximum absolute atomic E-state index is 12.2. The maximum Gasteiger partial charge on any atom is 0.259 e. The van der Waals surface area contributed by atoms with Gasteiger partial charge in [0.2, 0.25) is 0 Å². The molecular formula is C18H17N3O2. The average molecular weight is 307 g/mol. The van der Waals surface area contributed by atoms with Gasteiger partial charge in [0.25, 0.3) is 5.91 Å². The second kappa shape index (κ2) is 6.36. The van der Waals surface area contributed by atoms with Gasteiger partial charge in [0.1, 0.15) is 11.5 Å². The van der Waals surface area contributed by atoms with Crippen LogP contribution in [0.2, 0.25) is 0 Å². The van der Waals surface area contributed by atoms with E-state index in [0.717, 1.165) is 5.75 Å². The Kier molecular flexibility index (Phi) is 4.10. The number of ether oxygens (including phenoxy) is 1. The van der Waals surface area contributed by atoms with Crippen LogP contribution in [0, 0.1) is 6.92 Å². The standard InChI is InChI=1S/C18H17N3O2/c1-13-17(12-21(2)20-13)18(22)19-14-8-10-16(11-9-14)23-15-6-4-3-5-7-15/h3-12H,1-2H3,(H,19,22). The van der Waals surface area contributed by atoms with E-state index in [9.17, 15) is 4.79 Å². The normalized spacial score (nSPS) is 10.3. The zero-order chi connectivity index (χ0) is 16.2. The molecule has 3 rings (SSSR count). The zero-order valence-corrected chi connectivity index (χ0v) is 13.0. The lowest BCUT2D eigenvalue weighted by Crippen LogP contribution is -2.12. The van der Waals surface area contributed by atoms with E-state index in [-0.39, 0.29) is 5.91 Å². The number of hydrogen-bond donors (Lipinski definition) is 1. The minimum Gasteiger partial charge on any atom is -0.457 e. The molecule has 5 nitrogen and oxygen atoms in total. The summed E-state index contributed by atoms with van der Waals surface area (Å²) in [6.07, 6.45) is 1.71. The quantitative estimate of drug-likeness (QED) is 0.798. The summed E-state index contributed by atoms with van der Waals surface area (Å²) in [5.74, 6) is 1.31. The van der Waals surface area contributed by atoms with Crippen LogP contribution in [-0.2, 0) is 7.05 Å². The van der Waals surface area contributed by atoms with Crippen LogP contribution in [0.5, 0.6) is 11.5 Å². The molecule has 1 N–H and O–H groups in total. The van der Waals surface area contributed by atoms with Crippen LogP contribution in [0.15, 0.2) is 60.8 Å². The molecule has 1 amide bonds. The number of carbonyl (C=O) groups excluding carboxylic acids is 1. The molecule has 0 fully saturated rings. The Morgan fingerprint density at radius 3 is 2.30 bits per heavy atom. The average Bonchev–Trinajstić information content (AvgIpc) is 2.89. The van der Waals surface area contributed by atoms with Gasteiger partial charge in [-0.05, 0) is 43.3 Å². The number of carbonyl (C=O) groups is 1. The van der Waals surface area contributed by atoms with E-state index >= 15 is 0 Å². The van der Waals surface area contributed by atoms with Gasteiger partial charge in [-0.2, -0.15) is 5.10 Å². The molecule has 0 radical (unpaired) electrons. The molecule has 2 aromatic carbocycles. The molecule has 0 saturated heterocycles. The van der Waals surface area contributed by atoms with Crippen molar-refractivity contribution in [1.29, 1.82) is 0 Å². The molecular weight excluding hydrogens is 290 g/mol. The minimum absolute atomic E-state index is 0.174. The summed E-state index contributed by atoms with van der Waals surface area (Å²) in [5.41, 5.74) is 1.98. The summed E-state index contributed by atoms with van der Waals surface area (Å²) in [6, 6.07) is 16.8. The van der Waals surface area contributed by atoms with Crippen LogP contribution in [0.4, 0.5) is 5.69 Å². The molecule has 0 aliphatic heterocycles. The molecule has 0 aliphatic carbocycles. The van der Waals surface area contributed by atoms with E-state index in [1.807, 2.05) is 61.5 Å². The predicted octanol–water partition coefficient (Wildman–Crippen LogP) is 3.77. The topological polar surface area (TPSA) is 56.2 Å². The lowest BCUT2D eigenvalue weighted by molar-refractivity contribution is 0.102. The molecule has 0 unspecified atom stereocenters. The Morgan fingerprint density at radius 1 is 1.04 bits per heavy atom. The molecule has 0 spiro atoms. The van der Waals surface area contributed by atoms with Crippen LogP contribution in [0.25, 0.3) is 0 Å². The fourth-order valence-electron chi connectivity index (χ4n) is 2.25. The van der Waals surface area contributed by atoms with Gasteiger partial charge in [-0.3, -0.25) is 9.48 Å². The van der Waals surface area contributed by atoms with Gasteiger partial charge in [-0.1, -0.05) is 18.2 Å². The zero-order valence-electron chi connectivity index (χ0n) is 13.0. The Bertz CT molecular complexity index is 808. The van der Waals surface area contributed by atoms with Crippen LogP contribution in [0.1, 0.15) is 16.1 Å². The van der Waals surface area contributed by atoms with Crippen LogP contribution in [0.3, 0.4) is 0 Å². The highest BCUT2D eigenvalue weighted by atomic mass is 16.5. The number of amides is 1. The Morgan fingerprint density at radius 2 is 1.70 bits per heavy atom. The molecule has 23 heavy (non-hydrogen) atoms. The smallest absolute Gasteiger partial charge is 0.259 e. The number of nitrogens with zero attached hydrogens (tertiary/aromatic N) is 2. The summed E-state index contributed by atoms with van der Waals surface area (Å²) >= 11 is 0. The molecule has 0 bridgehead atoms. The third-order valence-corrected chi connectivity index (χ3v) is 3.35. The van der Waals surface area contributed by atoms with Crippen LogP contribution >= 0.6 is 0 Å². The molecule has 0 aliphatic rings. The molecule has 0 saturated carbocycles. The van der Waals surface area contributed by atoms with Crippen molar-refractivity contribution < 1.29 is 9.53 Å². The highest BCUT2D eigenvalue weighted by Crippen LogP contribution is 2.23. The number of nitrogens with one attached hydrogen (secondary N) is 1. The minimum atomic E-state index is -0.174. The number of aromatic nitrogens is 2. The van der Waals surface area contributed by atoms with Gasteiger partial charge in [-0.15, -0.1) is 0 Å². The first-order chi connectivity index (χ1) is 11.1. The van der Waals surface area contributed by atoms with Gasteiger partial charge in [-0.25, -0.2) is 0 Å². The van der Waals surface area contributed by atoms with E-state index in [1.165, 1.54) is 0 Å². The van der Waals surface area contributed by atoms with Gasteiger partial charge < -0.3 is 10.1 Å². The fraction of sp³-hybridized carbons (Fsp3) is 0.111. The van der Waals surface area contributed by atoms with Gasteiger partial charge in [0.15, 0.2) is 0 Å². The van der Waals surface area contributed by atoms with E-state index in [4.69, 9.17) is 4.74 Å². The van der Waals surface area contributed by atoms with Crippen molar-refractivity contribution >= 4 is 11.6 Å². The number of hydrogen-bond acceptors (Lipinski definition) is 3. The second-order valence-electron chi connectivity index (χ2n) is 5.20. The van der Waals surface area contributed by atoms with Crippen LogP contribution < -0.4 is 10.1 Å². The SMILES string of the molecule is Cc1nn(C)cc1C(=O)Nc1ccc(Oc2ccccc2)cc1. The molecule has 0 atom stereocenters. The van der Waals surface area contributed by atoms with Crippen LogP contribution in [-0.4, -0.2) is 15.7 Å². The van der Waals surface area contributed by atoms with Crippen molar-refractivity contribution in [2.45, 2.75) is 6.92 Å². The van der Waals surface area contributed by atoms with Gasteiger partial charge >= 0.3 is 0 Å². The van der Waals surface area contributed by atoms with Crippen molar-refractivity contribution in [3.63, 3.8) is 0 Å². The molecule has 1 heterocycles. The summed E-state index contributed by atoms with van der Waals surface area (Å²) in [6.45, 7) is 1.81. The Balaban J connectivity index is 1.68. The van der Waals surface area contributed by atoms with Crippen molar-refractivity contribution in [2.75, 3.05) is 5.32 Å². The van der Waals surface area contributed by atoms with Crippen molar-refractivity contribution in [1.82, 2.24) is 9.78 Å². The predicted molar refractivity (Wildman–Crippen MR) is 88.9 cm³/mol. The lowest BCUT2D eigenvalue weighted by atomic mass is 10.2. The van der Waals surface area contributed by atoms with E-state index in [1.54, 1.807) is 17.9 Å². The number of para-hydroxylation sites is 1. The summed E-state index contributed by atoms with van der Waals surface area (Å²) < 4.78 is 7.35. The molecule has 5 heteroatoms. The van der Waals surface area contributed by atoms with Crippen molar-refractivity contribution in [3.8, 4) is 11.5 Å². The Labute approximate surface area is 134 Å². The molecule has 116 valence electrons. The summed E-state index contributed by atoms with van der Waals surface area (Å²) in [7, 11) is 1.79. The first-order valence-electron chi connectivity index (χ1n) is 7.26. The van der Waals surface area contributed by atoms with E-state index in [0.29, 0.717) is 22.7 Å². The first kappa shape index (κ1) is 14.8. The van der Waals surface area contributed by atoms with E-state index < -0.39 is 0 Å². The first-order valence-corrected chi connectivity index (χ1v) is 7.26. The maximum atomic E-state index is 12.2. The van der Waals surface area contributed by atoms with Crippen molar-refractivity contribution in [3.05, 3.63) is 72.1 Å². The monoisotopic (exact) mass is 307 g/mol. The number of rotatable bonds is 4. The van der Waals surface area contributed by atoms with Gasteiger partial charge in [0, 0.05) is 18.9 Å². The molecule has 3 aromatic rings. The highest BCUT2D eigenvalue weighted by Gasteiger charge is 2.12. The largest absolute Gasteiger partial charge is 0.457 e. The summed E-state index contributed by atoms with van der Waals surface area (Å²) in [4.78, 5) is 12.2. The summed E-state index contributed by atoms with van der Waals surface area (Å²) in [5, 5.41) is 7.03. The number of benzene rings is 2. The second-order valence-corrected chi connectivity index (χ2v) is 5.20. The third-order valence-electron chi connectivity index (χ3n) is 3.35. The number of aryl methyl sites for hydroxylation is 2.